The van der Waals surface area contributed by atoms with Gasteiger partial charge in [-0.15, -0.1) is 17.5 Å². The molecule has 7 heteroatoms. The number of hydrogen-bond donors (Lipinski definition) is 1. The Morgan fingerprint density at radius 1 is 1.20 bits per heavy atom. The highest BCUT2D eigenvalue weighted by atomic mass is 35.5. The van der Waals surface area contributed by atoms with Crippen molar-refractivity contribution < 1.29 is 0 Å². The molecule has 0 radical (unpaired) electrons. The molecule has 1 aliphatic heterocycles. The summed E-state index contributed by atoms with van der Waals surface area (Å²) in [5.41, 5.74) is 0.661. The van der Waals surface area contributed by atoms with Crippen LogP contribution in [0.15, 0.2) is 29.2 Å². The first kappa shape index (κ1) is 15.0. The Labute approximate surface area is 123 Å². The zero-order valence-electron chi connectivity index (χ0n) is 11.4. The van der Waals surface area contributed by atoms with E-state index >= 15 is 0 Å². The van der Waals surface area contributed by atoms with Crippen LogP contribution >= 0.6 is 12.4 Å². The molecule has 1 aliphatic rings. The van der Waals surface area contributed by atoms with Crippen molar-refractivity contribution in [1.29, 1.82) is 0 Å². The van der Waals surface area contributed by atoms with Crippen molar-refractivity contribution in [2.75, 3.05) is 32.7 Å². The molecule has 2 aromatic heterocycles. The second kappa shape index (κ2) is 6.88. The minimum atomic E-state index is -0.0523. The highest BCUT2D eigenvalue weighted by Gasteiger charge is 2.10. The lowest BCUT2D eigenvalue weighted by Gasteiger charge is -2.18. The van der Waals surface area contributed by atoms with Gasteiger partial charge in [-0.3, -0.25) is 4.40 Å². The monoisotopic (exact) mass is 297 g/mol. The standard InChI is InChI=1S/C13H19N5O.ClH/c19-13-17-8-2-1-4-12(17)15-18(13)11-10-16-7-3-5-14-6-9-16;/h1-2,4,8,14H,3,5-7,9-11H2;1H. The molecule has 3 heterocycles. The van der Waals surface area contributed by atoms with Gasteiger partial charge in [0.15, 0.2) is 5.65 Å². The predicted molar refractivity (Wildman–Crippen MR) is 80.6 cm³/mol. The van der Waals surface area contributed by atoms with Crippen LogP contribution in [-0.4, -0.2) is 51.8 Å². The summed E-state index contributed by atoms with van der Waals surface area (Å²) >= 11 is 0. The molecule has 1 N–H and O–H groups in total. The van der Waals surface area contributed by atoms with Crippen molar-refractivity contribution >= 4 is 18.1 Å². The van der Waals surface area contributed by atoms with Crippen LogP contribution in [-0.2, 0) is 6.54 Å². The van der Waals surface area contributed by atoms with Gasteiger partial charge >= 0.3 is 5.69 Å². The molecule has 110 valence electrons. The van der Waals surface area contributed by atoms with Gasteiger partial charge in [0, 0.05) is 25.8 Å². The second-order valence-corrected chi connectivity index (χ2v) is 4.88. The van der Waals surface area contributed by atoms with Crippen molar-refractivity contribution in [3.05, 3.63) is 34.9 Å². The van der Waals surface area contributed by atoms with Crippen LogP contribution in [0.3, 0.4) is 0 Å². The summed E-state index contributed by atoms with van der Waals surface area (Å²) in [4.78, 5) is 14.5. The van der Waals surface area contributed by atoms with E-state index in [9.17, 15) is 4.79 Å². The lowest BCUT2D eigenvalue weighted by molar-refractivity contribution is 0.274. The van der Waals surface area contributed by atoms with E-state index < -0.39 is 0 Å². The summed E-state index contributed by atoms with van der Waals surface area (Å²) in [6, 6.07) is 5.60. The fourth-order valence-electron chi connectivity index (χ4n) is 2.48. The Bertz CT molecular complexity index is 600. The van der Waals surface area contributed by atoms with E-state index in [1.54, 1.807) is 15.3 Å². The van der Waals surface area contributed by atoms with Crippen LogP contribution < -0.4 is 11.0 Å². The average Bonchev–Trinajstić information content (AvgIpc) is 2.63. The first-order valence-electron chi connectivity index (χ1n) is 6.82. The Morgan fingerprint density at radius 2 is 2.10 bits per heavy atom. The van der Waals surface area contributed by atoms with E-state index in [0.717, 1.165) is 32.7 Å². The number of aromatic nitrogens is 3. The van der Waals surface area contributed by atoms with Gasteiger partial charge in [0.1, 0.15) is 0 Å². The van der Waals surface area contributed by atoms with E-state index in [-0.39, 0.29) is 18.1 Å². The van der Waals surface area contributed by atoms with E-state index in [2.05, 4.69) is 15.3 Å². The summed E-state index contributed by atoms with van der Waals surface area (Å²) in [6.45, 7) is 5.79. The number of rotatable bonds is 3. The zero-order valence-corrected chi connectivity index (χ0v) is 12.2. The minimum absolute atomic E-state index is 0. The van der Waals surface area contributed by atoms with E-state index in [0.29, 0.717) is 12.2 Å². The summed E-state index contributed by atoms with van der Waals surface area (Å²) < 4.78 is 3.15. The molecule has 20 heavy (non-hydrogen) atoms. The van der Waals surface area contributed by atoms with Crippen LogP contribution in [0.4, 0.5) is 0 Å². The molecule has 3 rings (SSSR count). The fourth-order valence-corrected chi connectivity index (χ4v) is 2.48. The van der Waals surface area contributed by atoms with Gasteiger partial charge in [-0.1, -0.05) is 6.07 Å². The molecule has 2 aromatic rings. The maximum absolute atomic E-state index is 12.1. The number of hydrogen-bond acceptors (Lipinski definition) is 4. The van der Waals surface area contributed by atoms with Crippen molar-refractivity contribution in [2.24, 2.45) is 0 Å². The fraction of sp³-hybridized carbons (Fsp3) is 0.538. The smallest absolute Gasteiger partial charge is 0.315 e. The summed E-state index contributed by atoms with van der Waals surface area (Å²) in [7, 11) is 0. The Morgan fingerprint density at radius 3 is 2.95 bits per heavy atom. The molecule has 0 aromatic carbocycles. The van der Waals surface area contributed by atoms with E-state index in [1.807, 2.05) is 18.2 Å². The minimum Gasteiger partial charge on any atom is -0.315 e. The van der Waals surface area contributed by atoms with Crippen LogP contribution in [0.2, 0.25) is 0 Å². The molecule has 0 saturated carbocycles. The van der Waals surface area contributed by atoms with E-state index in [1.165, 1.54) is 6.42 Å². The quantitative estimate of drug-likeness (QED) is 0.880. The summed E-state index contributed by atoms with van der Waals surface area (Å²) in [5, 5.41) is 7.72. The molecule has 0 unspecified atom stereocenters. The molecule has 1 fully saturated rings. The molecule has 0 atom stereocenters. The maximum atomic E-state index is 12.1. The maximum Gasteiger partial charge on any atom is 0.350 e. The van der Waals surface area contributed by atoms with Crippen molar-refractivity contribution in [2.45, 2.75) is 13.0 Å². The summed E-state index contributed by atoms with van der Waals surface area (Å²) in [5.74, 6) is 0. The largest absolute Gasteiger partial charge is 0.350 e. The third-order valence-corrected chi connectivity index (χ3v) is 3.55. The van der Waals surface area contributed by atoms with Crippen LogP contribution in [0.5, 0.6) is 0 Å². The van der Waals surface area contributed by atoms with Crippen LogP contribution in [0, 0.1) is 0 Å². The highest BCUT2D eigenvalue weighted by Crippen LogP contribution is 1.98. The van der Waals surface area contributed by atoms with Gasteiger partial charge in [-0.05, 0) is 31.6 Å². The van der Waals surface area contributed by atoms with Crippen molar-refractivity contribution in [3.8, 4) is 0 Å². The number of pyridine rings is 1. The summed E-state index contributed by atoms with van der Waals surface area (Å²) in [6.07, 6.45) is 2.93. The van der Waals surface area contributed by atoms with Gasteiger partial charge in [0.05, 0.1) is 6.54 Å². The van der Waals surface area contributed by atoms with Gasteiger partial charge in [-0.25, -0.2) is 9.48 Å². The molecule has 0 spiro atoms. The second-order valence-electron chi connectivity index (χ2n) is 4.88. The topological polar surface area (TPSA) is 54.6 Å². The molecule has 0 amide bonds. The van der Waals surface area contributed by atoms with Gasteiger partial charge in [0.2, 0.25) is 0 Å². The molecule has 1 saturated heterocycles. The lowest BCUT2D eigenvalue weighted by atomic mass is 10.4. The predicted octanol–water partition coefficient (Wildman–Crippen LogP) is 0.213. The molecular weight excluding hydrogens is 278 g/mol. The van der Waals surface area contributed by atoms with Crippen molar-refractivity contribution in [3.63, 3.8) is 0 Å². The zero-order chi connectivity index (χ0) is 13.1. The Balaban J connectivity index is 0.00000147. The van der Waals surface area contributed by atoms with Gasteiger partial charge in [-0.2, -0.15) is 0 Å². The lowest BCUT2D eigenvalue weighted by Crippen LogP contribution is -2.33. The molecule has 6 nitrogen and oxygen atoms in total. The third-order valence-electron chi connectivity index (χ3n) is 3.55. The number of fused-ring (bicyclic) bond motifs is 1. The van der Waals surface area contributed by atoms with Crippen LogP contribution in [0.1, 0.15) is 6.42 Å². The molecule has 0 bridgehead atoms. The average molecular weight is 298 g/mol. The highest BCUT2D eigenvalue weighted by molar-refractivity contribution is 5.85. The van der Waals surface area contributed by atoms with Crippen molar-refractivity contribution in [1.82, 2.24) is 24.4 Å². The van der Waals surface area contributed by atoms with E-state index in [4.69, 9.17) is 0 Å². The number of halogens is 1. The SMILES string of the molecule is Cl.O=c1n(CCN2CCCNCC2)nc2ccccn12. The van der Waals surface area contributed by atoms with Gasteiger partial charge in [0.25, 0.3) is 0 Å². The first-order chi connectivity index (χ1) is 9.34. The first-order valence-corrected chi connectivity index (χ1v) is 6.82. The Hall–Kier alpha value is -1.37. The molecule has 0 aliphatic carbocycles. The number of nitrogens with one attached hydrogen (secondary N) is 1. The molecular formula is C13H20ClN5O. The Kier molecular flexibility index (Phi) is 5.17. The third kappa shape index (κ3) is 3.20. The van der Waals surface area contributed by atoms with Crippen LogP contribution in [0.25, 0.3) is 5.65 Å². The normalized spacial score (nSPS) is 16.8. The number of nitrogens with zero attached hydrogens (tertiary/aromatic N) is 4. The van der Waals surface area contributed by atoms with Gasteiger partial charge < -0.3 is 10.2 Å².